The van der Waals surface area contributed by atoms with Crippen LogP contribution < -0.4 is 4.74 Å². The van der Waals surface area contributed by atoms with Gasteiger partial charge in [-0.3, -0.25) is 0 Å². The Bertz CT molecular complexity index is 464. The minimum absolute atomic E-state index is 0.522. The Labute approximate surface area is 122 Å². The molecule has 0 fully saturated rings. The number of benzene rings is 1. The summed E-state index contributed by atoms with van der Waals surface area (Å²) in [5.41, 5.74) is 2.38. The number of halogens is 7. The van der Waals surface area contributed by atoms with Crippen LogP contribution in [-0.4, -0.2) is 12.5 Å². The molecule has 120 valence electrons. The molecule has 0 radical (unpaired) electrons. The summed E-state index contributed by atoms with van der Waals surface area (Å²) < 4.78 is 64.7. The van der Waals surface area contributed by atoms with Gasteiger partial charge in [-0.2, -0.15) is 0 Å². The molecule has 1 nitrogen and oxygen atoms in total. The van der Waals surface area contributed by atoms with Gasteiger partial charge in [-0.25, -0.2) is 0 Å². The van der Waals surface area contributed by atoms with E-state index in [-0.39, 0.29) is 0 Å². The molecule has 0 N–H and O–H groups in total. The standard InChI is InChI=1S/C10H13ClOS.F6P/c1-7-8(2)10(13)4-3-9(7)12-6-5-11;1-7(2,3,4,5)6/h3-4,13H,5-6H2,1-2H3;/q;-1/p+1. The fraction of sp³-hybridized carbons (Fsp3) is 0.400. The van der Waals surface area contributed by atoms with Gasteiger partial charge >= 0.3 is 33.0 Å². The van der Waals surface area contributed by atoms with E-state index in [1.807, 2.05) is 19.1 Å². The topological polar surface area (TPSA) is 9.23 Å². The van der Waals surface area contributed by atoms with Crippen molar-refractivity contribution in [3.63, 3.8) is 0 Å². The third-order valence-corrected chi connectivity index (χ3v) is 2.77. The van der Waals surface area contributed by atoms with Gasteiger partial charge < -0.3 is 4.74 Å². The molecule has 10 heteroatoms. The fourth-order valence-corrected chi connectivity index (χ4v) is 1.45. The first-order chi connectivity index (χ1) is 8.61. The maximum atomic E-state index is 9.87. The minimum atomic E-state index is -10.7. The van der Waals surface area contributed by atoms with Crippen molar-refractivity contribution in [3.8, 4) is 5.75 Å². The second-order valence-corrected chi connectivity index (χ2v) is 6.69. The van der Waals surface area contributed by atoms with Gasteiger partial charge in [0, 0.05) is 5.56 Å². The summed E-state index contributed by atoms with van der Waals surface area (Å²) in [6, 6.07) is 3.94. The zero-order chi connectivity index (χ0) is 16.3. The molecule has 0 unspecified atom stereocenters. The summed E-state index contributed by atoms with van der Waals surface area (Å²) in [6.07, 6.45) is 0. The van der Waals surface area contributed by atoms with Crippen LogP contribution in [0.2, 0.25) is 0 Å². The average Bonchev–Trinajstić information content (AvgIpc) is 2.21. The molecule has 0 bridgehead atoms. The van der Waals surface area contributed by atoms with E-state index < -0.39 is 7.81 Å². The van der Waals surface area contributed by atoms with E-state index in [4.69, 9.17) is 16.3 Å². The quantitative estimate of drug-likeness (QED) is 0.291. The van der Waals surface area contributed by atoms with Gasteiger partial charge in [0.25, 0.3) is 0 Å². The van der Waals surface area contributed by atoms with E-state index in [9.17, 15) is 25.2 Å². The van der Waals surface area contributed by atoms with Gasteiger partial charge in [0.1, 0.15) is 12.4 Å². The Balaban J connectivity index is 0.000000441. The van der Waals surface area contributed by atoms with E-state index in [1.165, 1.54) is 5.56 Å². The molecule has 1 aromatic rings. The Hall–Kier alpha value is -0.330. The number of rotatable bonds is 3. The molecule has 0 heterocycles. The van der Waals surface area contributed by atoms with Gasteiger partial charge in [0.2, 0.25) is 0 Å². The number of ether oxygens (including phenoxy) is 1. The number of hydrogen-bond donors (Lipinski definition) is 0. The number of hydrogen-bond acceptors (Lipinski definition) is 1. The Morgan fingerprint density at radius 1 is 1.05 bits per heavy atom. The van der Waals surface area contributed by atoms with Crippen LogP contribution >= 0.6 is 19.4 Å². The van der Waals surface area contributed by atoms with Crippen molar-refractivity contribution >= 4 is 32.0 Å². The fourth-order valence-electron chi connectivity index (χ4n) is 1.10. The van der Waals surface area contributed by atoms with E-state index in [0.29, 0.717) is 12.5 Å². The molecule has 0 spiro atoms. The predicted molar refractivity (Wildman–Crippen MR) is 74.1 cm³/mol. The van der Waals surface area contributed by atoms with Crippen LogP contribution in [0.1, 0.15) is 11.1 Å². The van der Waals surface area contributed by atoms with Gasteiger partial charge in [-0.05, 0) is 44.2 Å². The van der Waals surface area contributed by atoms with Crippen LogP contribution in [0.5, 0.6) is 5.75 Å². The van der Waals surface area contributed by atoms with Crippen molar-refractivity contribution in [2.75, 3.05) is 12.5 Å². The van der Waals surface area contributed by atoms with Crippen LogP contribution in [0, 0.1) is 13.8 Å². The van der Waals surface area contributed by atoms with Crippen molar-refractivity contribution < 1.29 is 29.9 Å². The zero-order valence-corrected chi connectivity index (χ0v) is 13.2. The first-order valence-corrected chi connectivity index (χ1v) is 8.25. The Morgan fingerprint density at radius 3 is 1.90 bits per heavy atom. The molecule has 0 amide bonds. The van der Waals surface area contributed by atoms with Gasteiger partial charge in [0.15, 0.2) is 4.90 Å². The molecule has 0 aliphatic rings. The molecule has 0 aromatic heterocycles. The molecule has 0 aliphatic heterocycles. The van der Waals surface area contributed by atoms with Crippen molar-refractivity contribution in [1.29, 1.82) is 0 Å². The molecule has 0 aliphatic carbocycles. The van der Waals surface area contributed by atoms with E-state index in [1.54, 1.807) is 0 Å². The van der Waals surface area contributed by atoms with Crippen LogP contribution in [0.25, 0.3) is 0 Å². The van der Waals surface area contributed by atoms with Crippen molar-refractivity contribution in [1.82, 2.24) is 0 Å². The van der Waals surface area contributed by atoms with Crippen LogP contribution in [0.4, 0.5) is 25.2 Å². The number of alkyl halides is 1. The van der Waals surface area contributed by atoms with Crippen LogP contribution in [0.3, 0.4) is 0 Å². The Morgan fingerprint density at radius 2 is 1.50 bits per heavy atom. The van der Waals surface area contributed by atoms with Crippen LogP contribution in [-0.2, 0) is 12.6 Å². The summed E-state index contributed by atoms with van der Waals surface area (Å²) in [4.78, 5) is 1.11. The summed E-state index contributed by atoms with van der Waals surface area (Å²) in [5, 5.41) is 0. The molecule has 20 heavy (non-hydrogen) atoms. The summed E-state index contributed by atoms with van der Waals surface area (Å²) >= 11 is 9.06. The average molecular weight is 363 g/mol. The monoisotopic (exact) mass is 362 g/mol. The van der Waals surface area contributed by atoms with Gasteiger partial charge in [-0.15, -0.1) is 11.6 Å². The molecule has 1 aromatic carbocycles. The van der Waals surface area contributed by atoms with E-state index in [0.717, 1.165) is 16.2 Å². The van der Waals surface area contributed by atoms with Gasteiger partial charge in [-0.1, -0.05) is 0 Å². The normalized spacial score (nSPS) is 14.7. The van der Waals surface area contributed by atoms with Crippen molar-refractivity contribution in [2.24, 2.45) is 0 Å². The van der Waals surface area contributed by atoms with E-state index >= 15 is 0 Å². The second-order valence-electron chi connectivity index (χ2n) is 3.86. The molecule has 0 saturated carbocycles. The van der Waals surface area contributed by atoms with Gasteiger partial charge in [0.05, 0.1) is 5.88 Å². The molecular formula is C10H14ClF6OPS. The first-order valence-electron chi connectivity index (χ1n) is 5.18. The first kappa shape index (κ1) is 19.7. The summed E-state index contributed by atoms with van der Waals surface area (Å²) in [7, 11) is -10.7. The third kappa shape index (κ3) is 11.5. The SMILES string of the molecule is Cc1c([SH2+])ccc(OCCCl)c1C.F[P-](F)(F)(F)(F)F. The van der Waals surface area contributed by atoms with Crippen molar-refractivity contribution in [3.05, 3.63) is 23.3 Å². The second kappa shape index (κ2) is 5.81. The third-order valence-electron chi connectivity index (χ3n) is 2.07. The molecule has 0 saturated heterocycles. The zero-order valence-electron chi connectivity index (χ0n) is 10.6. The van der Waals surface area contributed by atoms with Crippen molar-refractivity contribution in [2.45, 2.75) is 18.7 Å². The molecule has 0 atom stereocenters. The summed E-state index contributed by atoms with van der Waals surface area (Å²) in [5.74, 6) is 1.44. The molecule has 1 rings (SSSR count). The van der Waals surface area contributed by atoms with E-state index in [2.05, 4.69) is 19.6 Å². The Kier molecular flexibility index (Phi) is 5.72. The molecular weight excluding hydrogens is 349 g/mol. The van der Waals surface area contributed by atoms with Crippen LogP contribution in [0.15, 0.2) is 17.0 Å². The maximum absolute atomic E-state index is 10.7. The predicted octanol–water partition coefficient (Wildman–Crippen LogP) is 5.67. The summed E-state index contributed by atoms with van der Waals surface area (Å²) in [6.45, 7) is 4.66.